The van der Waals surface area contributed by atoms with Gasteiger partial charge in [-0.3, -0.25) is 4.68 Å². The van der Waals surface area contributed by atoms with Crippen LogP contribution in [0.15, 0.2) is 0 Å². The molecule has 0 aliphatic rings. The van der Waals surface area contributed by atoms with Crippen molar-refractivity contribution in [2.45, 2.75) is 39.1 Å². The van der Waals surface area contributed by atoms with Gasteiger partial charge in [0, 0.05) is 27.2 Å². The SMILES string of the molecule is CCn1nc(C)c(Cl)c1CC(N)C(OC)OC. The molecular formula is C11H20ClN3O2. The summed E-state index contributed by atoms with van der Waals surface area (Å²) in [5.74, 6) is 0. The number of methoxy groups -OCH3 is 2. The minimum atomic E-state index is -0.438. The molecule has 1 atom stereocenters. The fraction of sp³-hybridized carbons (Fsp3) is 0.727. The van der Waals surface area contributed by atoms with E-state index in [0.29, 0.717) is 11.4 Å². The van der Waals surface area contributed by atoms with Crippen LogP contribution < -0.4 is 5.73 Å². The van der Waals surface area contributed by atoms with Crippen molar-refractivity contribution in [3.05, 3.63) is 16.4 Å². The second-order valence-corrected chi connectivity index (χ2v) is 4.25. The molecule has 0 aliphatic carbocycles. The number of rotatable bonds is 6. The summed E-state index contributed by atoms with van der Waals surface area (Å²) in [6.07, 6.45) is 0.131. The van der Waals surface area contributed by atoms with Crippen molar-refractivity contribution in [3.8, 4) is 0 Å². The van der Waals surface area contributed by atoms with Crippen molar-refractivity contribution in [2.75, 3.05) is 14.2 Å². The highest BCUT2D eigenvalue weighted by Crippen LogP contribution is 2.22. The van der Waals surface area contributed by atoms with Crippen molar-refractivity contribution in [3.63, 3.8) is 0 Å². The molecule has 0 spiro atoms. The van der Waals surface area contributed by atoms with Crippen LogP contribution in [0.2, 0.25) is 5.02 Å². The average molecular weight is 262 g/mol. The van der Waals surface area contributed by atoms with Crippen LogP contribution in [0.5, 0.6) is 0 Å². The minimum absolute atomic E-state index is 0.274. The maximum atomic E-state index is 6.21. The first-order chi connectivity index (χ1) is 8.04. The predicted octanol–water partition coefficient (Wildman–Crippen LogP) is 1.35. The molecule has 0 bridgehead atoms. The molecule has 6 heteroatoms. The van der Waals surface area contributed by atoms with Gasteiger partial charge in [0.05, 0.1) is 22.5 Å². The first-order valence-corrected chi connectivity index (χ1v) is 5.95. The van der Waals surface area contributed by atoms with Crippen molar-refractivity contribution in [1.82, 2.24) is 9.78 Å². The van der Waals surface area contributed by atoms with E-state index in [9.17, 15) is 0 Å². The molecule has 98 valence electrons. The second kappa shape index (κ2) is 6.35. The monoisotopic (exact) mass is 261 g/mol. The van der Waals surface area contributed by atoms with Crippen LogP contribution in [0.1, 0.15) is 18.3 Å². The highest BCUT2D eigenvalue weighted by molar-refractivity contribution is 6.31. The summed E-state index contributed by atoms with van der Waals surface area (Å²) < 4.78 is 12.1. The summed E-state index contributed by atoms with van der Waals surface area (Å²) in [7, 11) is 3.13. The zero-order valence-electron chi connectivity index (χ0n) is 10.7. The molecular weight excluding hydrogens is 242 g/mol. The molecule has 2 N–H and O–H groups in total. The fourth-order valence-corrected chi connectivity index (χ4v) is 2.04. The molecule has 0 fully saturated rings. The van der Waals surface area contributed by atoms with Crippen molar-refractivity contribution in [2.24, 2.45) is 5.73 Å². The van der Waals surface area contributed by atoms with Crippen LogP contribution >= 0.6 is 11.6 Å². The molecule has 1 heterocycles. The zero-order chi connectivity index (χ0) is 13.0. The van der Waals surface area contributed by atoms with E-state index in [-0.39, 0.29) is 6.04 Å². The summed E-state index contributed by atoms with van der Waals surface area (Å²) in [5, 5.41) is 5.01. The maximum absolute atomic E-state index is 6.21. The van der Waals surface area contributed by atoms with Gasteiger partial charge in [0.25, 0.3) is 0 Å². The van der Waals surface area contributed by atoms with Crippen molar-refractivity contribution in [1.29, 1.82) is 0 Å². The highest BCUT2D eigenvalue weighted by Gasteiger charge is 2.21. The van der Waals surface area contributed by atoms with Crippen LogP contribution in [0.25, 0.3) is 0 Å². The van der Waals surface area contributed by atoms with E-state index in [0.717, 1.165) is 17.9 Å². The quantitative estimate of drug-likeness (QED) is 0.786. The van der Waals surface area contributed by atoms with Gasteiger partial charge in [-0.15, -0.1) is 0 Å². The van der Waals surface area contributed by atoms with Crippen molar-refractivity contribution < 1.29 is 9.47 Å². The van der Waals surface area contributed by atoms with Crippen LogP contribution in [0, 0.1) is 6.92 Å². The van der Waals surface area contributed by atoms with Gasteiger partial charge in [0.15, 0.2) is 6.29 Å². The molecule has 1 unspecified atom stereocenters. The fourth-order valence-electron chi connectivity index (χ4n) is 1.83. The lowest BCUT2D eigenvalue weighted by atomic mass is 10.1. The standard InChI is InChI=1S/C11H20ClN3O2/c1-5-15-9(10(12)7(2)14-15)6-8(13)11(16-3)17-4/h8,11H,5-6,13H2,1-4H3. The average Bonchev–Trinajstić information content (AvgIpc) is 2.58. The summed E-state index contributed by atoms with van der Waals surface area (Å²) in [4.78, 5) is 0. The number of hydrogen-bond acceptors (Lipinski definition) is 4. The number of nitrogens with two attached hydrogens (primary N) is 1. The van der Waals surface area contributed by atoms with E-state index in [1.54, 1.807) is 14.2 Å². The highest BCUT2D eigenvalue weighted by atomic mass is 35.5. The second-order valence-electron chi connectivity index (χ2n) is 3.87. The minimum Gasteiger partial charge on any atom is -0.354 e. The number of aryl methyl sites for hydroxylation is 2. The molecule has 0 aliphatic heterocycles. The number of nitrogens with zero attached hydrogens (tertiary/aromatic N) is 2. The summed E-state index contributed by atoms with van der Waals surface area (Å²) in [6, 6.07) is -0.274. The topological polar surface area (TPSA) is 62.3 Å². The van der Waals surface area contributed by atoms with E-state index >= 15 is 0 Å². The van der Waals surface area contributed by atoms with Gasteiger partial charge < -0.3 is 15.2 Å². The normalized spacial score (nSPS) is 13.4. The lowest BCUT2D eigenvalue weighted by Crippen LogP contribution is -2.39. The molecule has 0 radical (unpaired) electrons. The van der Waals surface area contributed by atoms with Gasteiger partial charge >= 0.3 is 0 Å². The van der Waals surface area contributed by atoms with Gasteiger partial charge in [0.2, 0.25) is 0 Å². The smallest absolute Gasteiger partial charge is 0.172 e. The predicted molar refractivity (Wildman–Crippen MR) is 67.1 cm³/mol. The van der Waals surface area contributed by atoms with Crippen molar-refractivity contribution >= 4 is 11.6 Å². The Labute approximate surface area is 107 Å². The van der Waals surface area contributed by atoms with Crippen LogP contribution in [0.3, 0.4) is 0 Å². The van der Waals surface area contributed by atoms with E-state index in [4.69, 9.17) is 26.8 Å². The Kier molecular flexibility index (Phi) is 5.39. The molecule has 0 saturated carbocycles. The molecule has 1 aromatic heterocycles. The lowest BCUT2D eigenvalue weighted by Gasteiger charge is -2.21. The third-order valence-corrected chi connectivity index (χ3v) is 3.19. The van der Waals surface area contributed by atoms with Gasteiger partial charge in [0.1, 0.15) is 0 Å². The number of halogens is 1. The Hall–Kier alpha value is -0.620. The first kappa shape index (κ1) is 14.4. The third kappa shape index (κ3) is 3.19. The molecule has 0 aromatic carbocycles. The largest absolute Gasteiger partial charge is 0.354 e. The molecule has 1 aromatic rings. The molecule has 17 heavy (non-hydrogen) atoms. The molecule has 1 rings (SSSR count). The van der Waals surface area contributed by atoms with Gasteiger partial charge in [-0.25, -0.2) is 0 Å². The summed E-state index contributed by atoms with van der Waals surface area (Å²) in [5.41, 5.74) is 7.77. The number of ether oxygens (including phenoxy) is 2. The molecule has 5 nitrogen and oxygen atoms in total. The first-order valence-electron chi connectivity index (χ1n) is 5.58. The summed E-state index contributed by atoms with van der Waals surface area (Å²) >= 11 is 6.21. The lowest BCUT2D eigenvalue weighted by molar-refractivity contribution is -0.116. The van der Waals surface area contributed by atoms with E-state index < -0.39 is 6.29 Å². The zero-order valence-corrected chi connectivity index (χ0v) is 11.5. The Morgan fingerprint density at radius 1 is 1.41 bits per heavy atom. The van der Waals surface area contributed by atoms with Crippen LogP contribution in [0.4, 0.5) is 0 Å². The van der Waals surface area contributed by atoms with E-state index in [2.05, 4.69) is 5.10 Å². The Bertz CT molecular complexity index is 364. The molecule has 0 saturated heterocycles. The summed E-state index contributed by atoms with van der Waals surface area (Å²) in [6.45, 7) is 4.66. The Balaban J connectivity index is 2.86. The third-order valence-electron chi connectivity index (χ3n) is 2.70. The van der Waals surface area contributed by atoms with E-state index in [1.807, 2.05) is 18.5 Å². The van der Waals surface area contributed by atoms with Gasteiger partial charge in [-0.1, -0.05) is 11.6 Å². The number of aromatic nitrogens is 2. The van der Waals surface area contributed by atoms with Gasteiger partial charge in [-0.05, 0) is 13.8 Å². The Morgan fingerprint density at radius 2 is 2.00 bits per heavy atom. The van der Waals surface area contributed by atoms with Crippen LogP contribution in [-0.4, -0.2) is 36.3 Å². The number of hydrogen-bond donors (Lipinski definition) is 1. The molecule has 0 amide bonds. The maximum Gasteiger partial charge on any atom is 0.172 e. The van der Waals surface area contributed by atoms with Crippen LogP contribution in [-0.2, 0) is 22.4 Å². The Morgan fingerprint density at radius 3 is 2.47 bits per heavy atom. The van der Waals surface area contributed by atoms with E-state index in [1.165, 1.54) is 0 Å². The van der Waals surface area contributed by atoms with Gasteiger partial charge in [-0.2, -0.15) is 5.10 Å².